The zero-order valence-corrected chi connectivity index (χ0v) is 15.5. The van der Waals surface area contributed by atoms with Gasteiger partial charge in [0.25, 0.3) is 10.0 Å². The highest BCUT2D eigenvalue weighted by Gasteiger charge is 2.17. The number of rotatable bonds is 4. The van der Waals surface area contributed by atoms with Crippen LogP contribution in [-0.2, 0) is 10.0 Å². The van der Waals surface area contributed by atoms with Gasteiger partial charge in [0, 0.05) is 5.69 Å². The predicted octanol–water partition coefficient (Wildman–Crippen LogP) is 3.60. The van der Waals surface area contributed by atoms with E-state index >= 15 is 0 Å². The van der Waals surface area contributed by atoms with Gasteiger partial charge in [-0.05, 0) is 31.2 Å². The third-order valence-corrected chi connectivity index (χ3v) is 6.28. The molecule has 128 valence electrons. The van der Waals surface area contributed by atoms with Gasteiger partial charge < -0.3 is 0 Å². The van der Waals surface area contributed by atoms with E-state index < -0.39 is 10.0 Å². The van der Waals surface area contributed by atoms with Gasteiger partial charge in [0.2, 0.25) is 4.80 Å². The number of aromatic nitrogens is 1. The Morgan fingerprint density at radius 1 is 1.08 bits per heavy atom. The molecule has 0 saturated carbocycles. The molecule has 3 rings (SSSR count). The fraction of sp³-hybridized carbons (Fsp3) is 0.0588. The van der Waals surface area contributed by atoms with Crippen molar-refractivity contribution in [3.05, 3.63) is 75.0 Å². The number of carbonyl (C=O) groups excluding carboxylic acids is 1. The maximum atomic E-state index is 12.6. The maximum Gasteiger partial charge on any atom is 0.285 e. The highest BCUT2D eigenvalue weighted by molar-refractivity contribution is 7.90. The van der Waals surface area contributed by atoms with Crippen LogP contribution in [0.15, 0.2) is 63.9 Å². The standard InChI is InChI=1S/C17H13ClN2O3S2/c1-12-7-9-14(10-8-12)25(22,23)19-17-20(13-5-3-2-4-6-13)16(18)15(11-21)24-17/h2-11H,1H3. The number of carbonyl (C=O) groups is 1. The molecule has 25 heavy (non-hydrogen) atoms. The zero-order chi connectivity index (χ0) is 18.0. The maximum absolute atomic E-state index is 12.6. The lowest BCUT2D eigenvalue weighted by Gasteiger charge is -2.04. The van der Waals surface area contributed by atoms with Crippen LogP contribution in [0.2, 0.25) is 5.15 Å². The highest BCUT2D eigenvalue weighted by atomic mass is 35.5. The molecular formula is C17H13ClN2O3S2. The lowest BCUT2D eigenvalue weighted by molar-refractivity contribution is 0.112. The zero-order valence-electron chi connectivity index (χ0n) is 13.1. The summed E-state index contributed by atoms with van der Waals surface area (Å²) in [5.41, 5.74) is 1.57. The van der Waals surface area contributed by atoms with E-state index in [1.807, 2.05) is 13.0 Å². The normalized spacial score (nSPS) is 12.3. The second-order valence-electron chi connectivity index (χ2n) is 5.21. The van der Waals surface area contributed by atoms with Crippen molar-refractivity contribution in [2.24, 2.45) is 4.40 Å². The van der Waals surface area contributed by atoms with Crippen LogP contribution in [0.5, 0.6) is 0 Å². The van der Waals surface area contributed by atoms with Gasteiger partial charge in [0.1, 0.15) is 10.0 Å². The Morgan fingerprint density at radius 3 is 2.32 bits per heavy atom. The van der Waals surface area contributed by atoms with E-state index in [-0.39, 0.29) is 19.7 Å². The third-order valence-electron chi connectivity index (χ3n) is 3.43. The third kappa shape index (κ3) is 3.58. The molecule has 0 saturated heterocycles. The molecule has 0 aliphatic heterocycles. The molecule has 2 aromatic carbocycles. The molecule has 0 N–H and O–H groups in total. The lowest BCUT2D eigenvalue weighted by Crippen LogP contribution is -2.15. The monoisotopic (exact) mass is 392 g/mol. The van der Waals surface area contributed by atoms with Gasteiger partial charge in [-0.1, -0.05) is 58.8 Å². The van der Waals surface area contributed by atoms with Crippen LogP contribution < -0.4 is 4.80 Å². The topological polar surface area (TPSA) is 68.5 Å². The summed E-state index contributed by atoms with van der Waals surface area (Å²) < 4.78 is 30.6. The molecule has 3 aromatic rings. The number of sulfonamides is 1. The van der Waals surface area contributed by atoms with Gasteiger partial charge in [-0.2, -0.15) is 8.42 Å². The van der Waals surface area contributed by atoms with Crippen LogP contribution in [0.1, 0.15) is 15.2 Å². The summed E-state index contributed by atoms with van der Waals surface area (Å²) in [6, 6.07) is 15.3. The molecule has 0 aliphatic rings. The Bertz CT molecular complexity index is 1080. The summed E-state index contributed by atoms with van der Waals surface area (Å²) in [6.07, 6.45) is 0.587. The first-order chi connectivity index (χ1) is 11.9. The summed E-state index contributed by atoms with van der Waals surface area (Å²) in [7, 11) is -3.93. The summed E-state index contributed by atoms with van der Waals surface area (Å²) in [6.45, 7) is 1.87. The van der Waals surface area contributed by atoms with Gasteiger partial charge in [0.15, 0.2) is 6.29 Å². The minimum atomic E-state index is -3.93. The summed E-state index contributed by atoms with van der Waals surface area (Å²) >= 11 is 7.17. The number of thiazole rings is 1. The fourth-order valence-corrected chi connectivity index (χ4v) is 4.59. The van der Waals surface area contributed by atoms with Crippen LogP contribution in [0.4, 0.5) is 0 Å². The molecule has 5 nitrogen and oxygen atoms in total. The SMILES string of the molecule is Cc1ccc(S(=O)(=O)N=c2sc(C=O)c(Cl)n2-c2ccccc2)cc1. The lowest BCUT2D eigenvalue weighted by atomic mass is 10.2. The van der Waals surface area contributed by atoms with Gasteiger partial charge in [-0.3, -0.25) is 9.36 Å². The molecule has 1 heterocycles. The Kier molecular flexibility index (Phi) is 4.89. The molecule has 0 bridgehead atoms. The molecule has 0 aliphatic carbocycles. The first-order valence-corrected chi connectivity index (χ1v) is 9.85. The molecular weight excluding hydrogens is 380 g/mol. The van der Waals surface area contributed by atoms with Crippen LogP contribution in [0.3, 0.4) is 0 Å². The van der Waals surface area contributed by atoms with E-state index in [9.17, 15) is 13.2 Å². The number of aryl methyl sites for hydroxylation is 1. The summed E-state index contributed by atoms with van der Waals surface area (Å²) in [5, 5.41) is 0.129. The smallest absolute Gasteiger partial charge is 0.285 e. The Hall–Kier alpha value is -2.22. The van der Waals surface area contributed by atoms with E-state index in [0.29, 0.717) is 12.0 Å². The summed E-state index contributed by atoms with van der Waals surface area (Å²) in [4.78, 5) is 11.6. The molecule has 1 aromatic heterocycles. The number of halogens is 1. The fourth-order valence-electron chi connectivity index (χ4n) is 2.18. The van der Waals surface area contributed by atoms with E-state index in [1.165, 1.54) is 16.7 Å². The van der Waals surface area contributed by atoms with Crippen LogP contribution in [-0.4, -0.2) is 19.3 Å². The Balaban J connectivity index is 2.25. The van der Waals surface area contributed by atoms with Crippen molar-refractivity contribution in [2.45, 2.75) is 11.8 Å². The van der Waals surface area contributed by atoms with Gasteiger partial charge >= 0.3 is 0 Å². The molecule has 0 spiro atoms. The second-order valence-corrected chi connectivity index (χ2v) is 8.18. The highest BCUT2D eigenvalue weighted by Crippen LogP contribution is 2.22. The van der Waals surface area contributed by atoms with Crippen molar-refractivity contribution >= 4 is 39.2 Å². The van der Waals surface area contributed by atoms with Crippen molar-refractivity contribution in [1.29, 1.82) is 0 Å². The van der Waals surface area contributed by atoms with E-state index in [0.717, 1.165) is 16.9 Å². The van der Waals surface area contributed by atoms with E-state index in [4.69, 9.17) is 11.6 Å². The number of para-hydroxylation sites is 1. The quantitative estimate of drug-likeness (QED) is 0.637. The number of hydrogen-bond acceptors (Lipinski definition) is 4. The molecule has 8 heteroatoms. The van der Waals surface area contributed by atoms with Crippen molar-refractivity contribution in [3.63, 3.8) is 0 Å². The van der Waals surface area contributed by atoms with Crippen molar-refractivity contribution in [3.8, 4) is 5.69 Å². The largest absolute Gasteiger partial charge is 0.297 e. The first kappa shape index (κ1) is 17.6. The summed E-state index contributed by atoms with van der Waals surface area (Å²) in [5.74, 6) is 0. The number of nitrogens with zero attached hydrogens (tertiary/aromatic N) is 2. The molecule has 0 atom stereocenters. The molecule has 0 amide bonds. The minimum absolute atomic E-state index is 0.0786. The van der Waals surface area contributed by atoms with Crippen molar-refractivity contribution in [2.75, 3.05) is 0 Å². The Morgan fingerprint density at radius 2 is 1.72 bits per heavy atom. The van der Waals surface area contributed by atoms with Crippen LogP contribution in [0.25, 0.3) is 5.69 Å². The average Bonchev–Trinajstić information content (AvgIpc) is 2.90. The molecule has 0 unspecified atom stereocenters. The van der Waals surface area contributed by atoms with Gasteiger partial charge in [0.05, 0.1) is 4.90 Å². The van der Waals surface area contributed by atoms with Crippen LogP contribution >= 0.6 is 22.9 Å². The average molecular weight is 393 g/mol. The number of benzene rings is 2. The predicted molar refractivity (Wildman–Crippen MR) is 98.0 cm³/mol. The second kappa shape index (κ2) is 6.95. The minimum Gasteiger partial charge on any atom is -0.297 e. The Labute approximate surface area is 153 Å². The van der Waals surface area contributed by atoms with Gasteiger partial charge in [-0.15, -0.1) is 4.40 Å². The number of aldehydes is 1. The first-order valence-electron chi connectivity index (χ1n) is 7.22. The van der Waals surface area contributed by atoms with Gasteiger partial charge in [-0.25, -0.2) is 0 Å². The van der Waals surface area contributed by atoms with Crippen molar-refractivity contribution in [1.82, 2.24) is 4.57 Å². The van der Waals surface area contributed by atoms with E-state index in [2.05, 4.69) is 4.40 Å². The van der Waals surface area contributed by atoms with E-state index in [1.54, 1.807) is 36.4 Å². The molecule has 0 fully saturated rings. The number of hydrogen-bond donors (Lipinski definition) is 0. The van der Waals surface area contributed by atoms with Crippen molar-refractivity contribution < 1.29 is 13.2 Å². The van der Waals surface area contributed by atoms with Crippen LogP contribution in [0, 0.1) is 6.92 Å². The molecule has 0 radical (unpaired) electrons.